The lowest BCUT2D eigenvalue weighted by Crippen LogP contribution is -2.40. The Morgan fingerprint density at radius 1 is 1.02 bits per heavy atom. The van der Waals surface area contributed by atoms with Crippen LogP contribution in [0, 0.1) is 5.92 Å². The Labute approximate surface area is 252 Å². The number of para-hydroxylation sites is 1. The predicted molar refractivity (Wildman–Crippen MR) is 166 cm³/mol. The molecule has 1 fully saturated rings. The maximum Gasteiger partial charge on any atom is 0.286 e. The highest BCUT2D eigenvalue weighted by Crippen LogP contribution is 2.35. The van der Waals surface area contributed by atoms with Crippen LogP contribution in [0.2, 0.25) is 5.02 Å². The Hall–Kier alpha value is -4.34. The van der Waals surface area contributed by atoms with Gasteiger partial charge in [0.25, 0.3) is 5.91 Å². The largest absolute Gasteiger partial charge is 0.489 e. The first kappa shape index (κ1) is 27.8. The van der Waals surface area contributed by atoms with Crippen molar-refractivity contribution in [2.24, 2.45) is 16.6 Å². The van der Waals surface area contributed by atoms with Gasteiger partial charge in [0.05, 0.1) is 16.3 Å². The number of likely N-dealkylation sites (tertiary alicyclic amines) is 1. The number of amidine groups is 1. The van der Waals surface area contributed by atoms with E-state index >= 15 is 0 Å². The summed E-state index contributed by atoms with van der Waals surface area (Å²) < 4.78 is 7.77. The maximum absolute atomic E-state index is 13.0. The third kappa shape index (κ3) is 6.12. The van der Waals surface area contributed by atoms with Gasteiger partial charge in [0.15, 0.2) is 5.17 Å². The number of carbonyl (C=O) groups is 2. The lowest BCUT2D eigenvalue weighted by atomic mass is 9.97. The molecule has 0 bridgehead atoms. The number of hydrogen-bond donors (Lipinski definition) is 1. The van der Waals surface area contributed by atoms with Crippen LogP contribution < -0.4 is 10.5 Å². The van der Waals surface area contributed by atoms with Crippen LogP contribution >= 0.6 is 23.4 Å². The van der Waals surface area contributed by atoms with E-state index in [0.29, 0.717) is 53.4 Å². The zero-order valence-electron chi connectivity index (χ0n) is 22.7. The number of amides is 2. The van der Waals surface area contributed by atoms with Gasteiger partial charge in [0.2, 0.25) is 5.91 Å². The molecule has 1 aromatic heterocycles. The fourth-order valence-electron chi connectivity index (χ4n) is 4.95. The van der Waals surface area contributed by atoms with E-state index in [2.05, 4.69) is 9.89 Å². The van der Waals surface area contributed by atoms with Crippen molar-refractivity contribution in [3.8, 4) is 22.7 Å². The molecule has 0 atom stereocenters. The molecule has 3 aromatic carbocycles. The van der Waals surface area contributed by atoms with Gasteiger partial charge in [0.1, 0.15) is 12.4 Å². The van der Waals surface area contributed by atoms with Crippen LogP contribution in [0.4, 0.5) is 0 Å². The summed E-state index contributed by atoms with van der Waals surface area (Å²) in [6.07, 6.45) is 5.09. The molecule has 42 heavy (non-hydrogen) atoms. The van der Waals surface area contributed by atoms with Gasteiger partial charge in [-0.3, -0.25) is 9.59 Å². The quantitative estimate of drug-likeness (QED) is 0.265. The molecule has 8 nitrogen and oxygen atoms in total. The van der Waals surface area contributed by atoms with E-state index in [4.69, 9.17) is 27.2 Å². The van der Waals surface area contributed by atoms with E-state index in [0.717, 1.165) is 28.1 Å². The van der Waals surface area contributed by atoms with Gasteiger partial charge in [0, 0.05) is 46.9 Å². The second-order valence-electron chi connectivity index (χ2n) is 10.1. The van der Waals surface area contributed by atoms with Crippen LogP contribution in [0.5, 0.6) is 5.75 Å². The molecule has 6 rings (SSSR count). The number of nitrogens with zero attached hydrogens (tertiary/aromatic N) is 4. The number of piperidine rings is 1. The van der Waals surface area contributed by atoms with Crippen LogP contribution in [0.15, 0.2) is 95.0 Å². The molecule has 0 saturated carbocycles. The van der Waals surface area contributed by atoms with Crippen molar-refractivity contribution in [3.05, 3.63) is 106 Å². The van der Waals surface area contributed by atoms with E-state index in [9.17, 15) is 9.59 Å². The Kier molecular flexibility index (Phi) is 8.12. The van der Waals surface area contributed by atoms with E-state index in [1.54, 1.807) is 0 Å². The highest BCUT2D eigenvalue weighted by Gasteiger charge is 2.31. The summed E-state index contributed by atoms with van der Waals surface area (Å²) in [5, 5.41) is 6.21. The number of nitrogens with two attached hydrogens (primary N) is 1. The van der Waals surface area contributed by atoms with E-state index < -0.39 is 0 Å². The number of aliphatic imine (C=N–C) groups is 1. The van der Waals surface area contributed by atoms with E-state index in [1.807, 2.05) is 95.8 Å². The van der Waals surface area contributed by atoms with Crippen LogP contribution in [0.25, 0.3) is 23.0 Å². The molecule has 2 aliphatic heterocycles. The molecule has 2 amide bonds. The van der Waals surface area contributed by atoms with Crippen LogP contribution in [-0.4, -0.2) is 44.8 Å². The van der Waals surface area contributed by atoms with Crippen molar-refractivity contribution in [1.82, 2.24) is 14.7 Å². The summed E-state index contributed by atoms with van der Waals surface area (Å²) in [5.41, 5.74) is 9.70. The summed E-state index contributed by atoms with van der Waals surface area (Å²) in [7, 11) is 0. The van der Waals surface area contributed by atoms with E-state index in [-0.39, 0.29) is 17.7 Å². The maximum atomic E-state index is 13.0. The van der Waals surface area contributed by atoms with Crippen molar-refractivity contribution >= 4 is 46.4 Å². The zero-order chi connectivity index (χ0) is 29.1. The Morgan fingerprint density at radius 3 is 2.45 bits per heavy atom. The molecule has 0 aliphatic carbocycles. The van der Waals surface area contributed by atoms with Crippen molar-refractivity contribution in [3.63, 3.8) is 0 Å². The molecule has 3 heterocycles. The molecule has 0 spiro atoms. The fraction of sp³-hybridized carbons (Fsp3) is 0.188. The van der Waals surface area contributed by atoms with Gasteiger partial charge < -0.3 is 15.4 Å². The highest BCUT2D eigenvalue weighted by atomic mass is 35.5. The van der Waals surface area contributed by atoms with Crippen LogP contribution in [0.1, 0.15) is 24.0 Å². The number of halogens is 1. The standard InChI is InChI=1S/C32H28ClN5O3S/c33-27-9-5-4-6-23(27)20-41-26-12-10-21(11-13-26)29-24(19-38(36-29)25-7-2-1-3-8-25)18-28-31(40)35-32(42-28)37-16-14-22(15-17-37)30(34)39/h1-13,18-19,22H,14-17,20H2,(H2,34,39)/b28-18-. The topological polar surface area (TPSA) is 103 Å². The van der Waals surface area contributed by atoms with Gasteiger partial charge in [-0.15, -0.1) is 0 Å². The molecule has 0 radical (unpaired) electrons. The summed E-state index contributed by atoms with van der Waals surface area (Å²) >= 11 is 7.62. The molecule has 2 N–H and O–H groups in total. The summed E-state index contributed by atoms with van der Waals surface area (Å²) in [6.45, 7) is 1.64. The second-order valence-corrected chi connectivity index (χ2v) is 11.5. The van der Waals surface area contributed by atoms with Gasteiger partial charge in [-0.1, -0.05) is 48.0 Å². The monoisotopic (exact) mass is 597 g/mol. The predicted octanol–water partition coefficient (Wildman–Crippen LogP) is 5.94. The average Bonchev–Trinajstić information content (AvgIpc) is 3.61. The molecule has 4 aromatic rings. The van der Waals surface area contributed by atoms with E-state index in [1.165, 1.54) is 11.8 Å². The first-order valence-corrected chi connectivity index (χ1v) is 14.8. The van der Waals surface area contributed by atoms with Crippen molar-refractivity contribution in [1.29, 1.82) is 0 Å². The molecule has 10 heteroatoms. The average molecular weight is 598 g/mol. The minimum Gasteiger partial charge on any atom is -0.489 e. The number of thioether (sulfide) groups is 1. The number of ether oxygens (including phenoxy) is 1. The van der Waals surface area contributed by atoms with Gasteiger partial charge in [-0.05, 0) is 73.1 Å². The first-order chi connectivity index (χ1) is 20.4. The minimum absolute atomic E-state index is 0.127. The smallest absolute Gasteiger partial charge is 0.286 e. The molecule has 1 saturated heterocycles. The number of hydrogen-bond acceptors (Lipinski definition) is 6. The zero-order valence-corrected chi connectivity index (χ0v) is 24.2. The van der Waals surface area contributed by atoms with Gasteiger partial charge in [-0.2, -0.15) is 10.1 Å². The first-order valence-electron chi connectivity index (χ1n) is 13.6. The minimum atomic E-state index is -0.284. The molecular weight excluding hydrogens is 570 g/mol. The van der Waals surface area contributed by atoms with Gasteiger partial charge in [-0.25, -0.2) is 4.68 Å². The molecule has 212 valence electrons. The Morgan fingerprint density at radius 2 is 1.74 bits per heavy atom. The van der Waals surface area contributed by atoms with Crippen LogP contribution in [-0.2, 0) is 16.2 Å². The number of carbonyl (C=O) groups excluding carboxylic acids is 2. The van der Waals surface area contributed by atoms with Gasteiger partial charge >= 0.3 is 0 Å². The third-order valence-corrected chi connectivity index (χ3v) is 8.72. The van der Waals surface area contributed by atoms with Crippen molar-refractivity contribution in [2.45, 2.75) is 19.4 Å². The molecule has 2 aliphatic rings. The number of aromatic nitrogens is 2. The lowest BCUT2D eigenvalue weighted by molar-refractivity contribution is -0.123. The SMILES string of the molecule is NC(=O)C1CCN(C2=NC(=O)/C(=C/c3cn(-c4ccccc4)nc3-c3ccc(OCc4ccccc4Cl)cc3)S2)CC1. The summed E-state index contributed by atoms with van der Waals surface area (Å²) in [6, 6.07) is 25.1. The number of primary amides is 1. The fourth-order valence-corrected chi connectivity index (χ4v) is 6.09. The summed E-state index contributed by atoms with van der Waals surface area (Å²) in [4.78, 5) is 31.4. The normalized spacial score (nSPS) is 16.6. The third-order valence-electron chi connectivity index (χ3n) is 7.31. The number of rotatable bonds is 7. The Balaban J connectivity index is 1.24. The second kappa shape index (κ2) is 12.3. The highest BCUT2D eigenvalue weighted by molar-refractivity contribution is 8.18. The summed E-state index contributed by atoms with van der Waals surface area (Å²) in [5.74, 6) is 0.0308. The Bertz CT molecular complexity index is 1680. The van der Waals surface area contributed by atoms with Crippen LogP contribution in [0.3, 0.4) is 0 Å². The molecule has 0 unspecified atom stereocenters. The van der Waals surface area contributed by atoms with Crippen molar-refractivity contribution in [2.75, 3.05) is 13.1 Å². The lowest BCUT2D eigenvalue weighted by Gasteiger charge is -2.31. The van der Waals surface area contributed by atoms with Crippen molar-refractivity contribution < 1.29 is 14.3 Å². The molecular formula is C32H28ClN5O3S. The number of benzene rings is 3.